The smallest absolute Gasteiger partial charge is 0.0706 e. The van der Waals surface area contributed by atoms with Crippen LogP contribution in [0.5, 0.6) is 0 Å². The summed E-state index contributed by atoms with van der Waals surface area (Å²) in [5.41, 5.74) is 9.78. The minimum atomic E-state index is 0.722. The third kappa shape index (κ3) is 2.59. The molecule has 0 amide bonds. The average molecular weight is 233 g/mol. The van der Waals surface area contributed by atoms with E-state index < -0.39 is 0 Å². The summed E-state index contributed by atoms with van der Waals surface area (Å²) in [6, 6.07) is 8.36. The number of thioether (sulfide) groups is 1. The van der Waals surface area contributed by atoms with Gasteiger partial charge in [0.15, 0.2) is 0 Å². The number of nitrogens with one attached hydrogen (secondary N) is 1. The van der Waals surface area contributed by atoms with Gasteiger partial charge in [0.25, 0.3) is 0 Å². The van der Waals surface area contributed by atoms with Crippen LogP contribution in [0.15, 0.2) is 53.7 Å². The summed E-state index contributed by atoms with van der Waals surface area (Å²) >= 11 is 1.84. The Bertz CT molecular complexity index is 401. The second kappa shape index (κ2) is 5.63. The molecule has 16 heavy (non-hydrogen) atoms. The van der Waals surface area contributed by atoms with Crippen LogP contribution in [0.25, 0.3) is 0 Å². The summed E-state index contributed by atoms with van der Waals surface area (Å²) in [5, 5.41) is 2.04. The molecule has 0 aromatic heterocycles. The van der Waals surface area contributed by atoms with E-state index >= 15 is 0 Å². The maximum Gasteiger partial charge on any atom is 0.0706 e. The maximum absolute atomic E-state index is 5.31. The van der Waals surface area contributed by atoms with E-state index in [0.717, 1.165) is 12.3 Å². The van der Waals surface area contributed by atoms with Gasteiger partial charge in [-0.2, -0.15) is 0 Å². The lowest BCUT2D eigenvalue weighted by Gasteiger charge is -2.21. The average Bonchev–Trinajstić information content (AvgIpc) is 2.52. The molecule has 0 atom stereocenters. The lowest BCUT2D eigenvalue weighted by Crippen LogP contribution is -2.33. The number of nitrogens with two attached hydrogens (primary N) is 1. The van der Waals surface area contributed by atoms with Crippen LogP contribution >= 0.6 is 11.8 Å². The highest BCUT2D eigenvalue weighted by Crippen LogP contribution is 2.31. The van der Waals surface area contributed by atoms with Gasteiger partial charge >= 0.3 is 0 Å². The Balaban J connectivity index is 2.17. The summed E-state index contributed by atoms with van der Waals surface area (Å²) in [5.74, 6) is 1.00. The van der Waals surface area contributed by atoms with E-state index in [4.69, 9.17) is 5.73 Å². The molecule has 1 aromatic carbocycles. The zero-order valence-electron chi connectivity index (χ0n) is 8.97. The fraction of sp³-hybridized carbons (Fsp3) is 0.167. The Morgan fingerprint density at radius 1 is 1.44 bits per heavy atom. The molecule has 0 bridgehead atoms. The van der Waals surface area contributed by atoms with Gasteiger partial charge in [-0.1, -0.05) is 24.3 Å². The van der Waals surface area contributed by atoms with E-state index in [9.17, 15) is 0 Å². The molecule has 0 spiro atoms. The Morgan fingerprint density at radius 2 is 2.31 bits per heavy atom. The van der Waals surface area contributed by atoms with Crippen molar-refractivity contribution >= 4 is 17.4 Å². The molecule has 0 aliphatic carbocycles. The lowest BCUT2D eigenvalue weighted by atomic mass is 10.3. The number of hydrazine groups is 1. The Hall–Kier alpha value is -1.39. The molecule has 1 aliphatic heterocycles. The van der Waals surface area contributed by atoms with Gasteiger partial charge in [-0.05, 0) is 18.3 Å². The maximum atomic E-state index is 5.31. The molecule has 0 radical (unpaired) electrons. The van der Waals surface area contributed by atoms with E-state index in [0.29, 0.717) is 0 Å². The first-order chi connectivity index (χ1) is 7.92. The van der Waals surface area contributed by atoms with Crippen molar-refractivity contribution in [3.63, 3.8) is 0 Å². The highest BCUT2D eigenvalue weighted by molar-refractivity contribution is 7.99. The second-order valence-corrected chi connectivity index (χ2v) is 4.39. The van der Waals surface area contributed by atoms with E-state index in [1.165, 1.54) is 10.6 Å². The van der Waals surface area contributed by atoms with Gasteiger partial charge in [0.05, 0.1) is 5.69 Å². The second-order valence-electron chi connectivity index (χ2n) is 3.32. The number of nitrogens with zero attached hydrogens (tertiary/aromatic N) is 1. The van der Waals surface area contributed by atoms with Crippen LogP contribution in [0.3, 0.4) is 0 Å². The quantitative estimate of drug-likeness (QED) is 0.839. The minimum Gasteiger partial charge on any atom is -0.405 e. The van der Waals surface area contributed by atoms with E-state index in [1.54, 1.807) is 6.20 Å². The van der Waals surface area contributed by atoms with Gasteiger partial charge in [-0.25, -0.2) is 5.43 Å². The van der Waals surface area contributed by atoms with Crippen molar-refractivity contribution in [2.24, 2.45) is 5.73 Å². The van der Waals surface area contributed by atoms with Crippen molar-refractivity contribution in [1.29, 1.82) is 0 Å². The van der Waals surface area contributed by atoms with Gasteiger partial charge in [-0.3, -0.25) is 5.01 Å². The molecule has 3 N–H and O–H groups in total. The number of hydrogen-bond acceptors (Lipinski definition) is 4. The molecule has 0 fully saturated rings. The van der Waals surface area contributed by atoms with Crippen LogP contribution < -0.4 is 16.2 Å². The summed E-state index contributed by atoms with van der Waals surface area (Å²) < 4.78 is 0. The third-order valence-corrected chi connectivity index (χ3v) is 3.25. The summed E-state index contributed by atoms with van der Waals surface area (Å²) in [7, 11) is 0. The molecule has 1 heterocycles. The first-order valence-corrected chi connectivity index (χ1v) is 6.18. The van der Waals surface area contributed by atoms with Gasteiger partial charge < -0.3 is 5.73 Å². The van der Waals surface area contributed by atoms with Crippen molar-refractivity contribution in [3.8, 4) is 0 Å². The fourth-order valence-electron chi connectivity index (χ4n) is 1.50. The molecule has 1 aliphatic rings. The number of hydrogen-bond donors (Lipinski definition) is 2. The first-order valence-electron chi connectivity index (χ1n) is 5.20. The number of para-hydroxylation sites is 1. The van der Waals surface area contributed by atoms with Crippen molar-refractivity contribution < 1.29 is 0 Å². The van der Waals surface area contributed by atoms with E-state index in [2.05, 4.69) is 35.9 Å². The molecule has 0 saturated carbocycles. The number of benzene rings is 1. The fourth-order valence-corrected chi connectivity index (χ4v) is 2.35. The molecule has 3 nitrogen and oxygen atoms in total. The van der Waals surface area contributed by atoms with Crippen LogP contribution in [-0.4, -0.2) is 12.3 Å². The monoisotopic (exact) mass is 233 g/mol. The summed E-state index contributed by atoms with van der Waals surface area (Å²) in [6.07, 6.45) is 7.64. The topological polar surface area (TPSA) is 41.3 Å². The van der Waals surface area contributed by atoms with Crippen LogP contribution in [0.4, 0.5) is 5.69 Å². The molecule has 0 saturated heterocycles. The van der Waals surface area contributed by atoms with Crippen molar-refractivity contribution in [2.45, 2.75) is 4.90 Å². The third-order valence-electron chi connectivity index (χ3n) is 2.23. The van der Waals surface area contributed by atoms with Crippen molar-refractivity contribution in [2.75, 3.05) is 17.3 Å². The minimum absolute atomic E-state index is 0.722. The first kappa shape index (κ1) is 11.1. The Kier molecular flexibility index (Phi) is 3.91. The van der Waals surface area contributed by atoms with Crippen LogP contribution in [0, 0.1) is 0 Å². The van der Waals surface area contributed by atoms with E-state index in [1.807, 2.05) is 28.9 Å². The van der Waals surface area contributed by atoms with Crippen LogP contribution in [-0.2, 0) is 0 Å². The molecular formula is C12H15N3S. The van der Waals surface area contributed by atoms with Crippen molar-refractivity contribution in [3.05, 3.63) is 48.8 Å². The largest absolute Gasteiger partial charge is 0.405 e. The predicted molar refractivity (Wildman–Crippen MR) is 70.1 cm³/mol. The van der Waals surface area contributed by atoms with Gasteiger partial charge in [-0.15, -0.1) is 11.8 Å². The Labute approximate surface area is 100.0 Å². The zero-order chi connectivity index (χ0) is 11.2. The van der Waals surface area contributed by atoms with Gasteiger partial charge in [0.2, 0.25) is 0 Å². The summed E-state index contributed by atoms with van der Waals surface area (Å²) in [4.78, 5) is 1.29. The van der Waals surface area contributed by atoms with Crippen LogP contribution in [0.2, 0.25) is 0 Å². The Morgan fingerprint density at radius 3 is 3.19 bits per heavy atom. The molecule has 0 unspecified atom stereocenters. The molecule has 4 heteroatoms. The highest BCUT2D eigenvalue weighted by atomic mass is 32.2. The molecular weight excluding hydrogens is 218 g/mol. The SMILES string of the molecule is NC=CCNN1C=CCSc2ccccc21. The normalized spacial score (nSPS) is 15.1. The number of anilines is 1. The predicted octanol–water partition coefficient (Wildman–Crippen LogP) is 2.09. The molecule has 1 aromatic rings. The van der Waals surface area contributed by atoms with E-state index in [-0.39, 0.29) is 0 Å². The molecule has 84 valence electrons. The summed E-state index contributed by atoms with van der Waals surface area (Å²) in [6.45, 7) is 0.722. The van der Waals surface area contributed by atoms with Gasteiger partial charge in [0.1, 0.15) is 0 Å². The molecule has 2 rings (SSSR count). The number of rotatable bonds is 3. The highest BCUT2D eigenvalue weighted by Gasteiger charge is 2.10. The standard InChI is InChI=1S/C12H15N3S/c13-7-3-8-14-15-9-4-10-16-12-6-2-1-5-11(12)15/h1-7,9,14H,8,10,13H2. The van der Waals surface area contributed by atoms with Crippen LogP contribution in [0.1, 0.15) is 0 Å². The van der Waals surface area contributed by atoms with Gasteiger partial charge in [0, 0.05) is 23.4 Å². The zero-order valence-corrected chi connectivity index (χ0v) is 9.78. The number of fused-ring (bicyclic) bond motifs is 1. The lowest BCUT2D eigenvalue weighted by molar-refractivity contribution is 0.762. The van der Waals surface area contributed by atoms with Crippen molar-refractivity contribution in [1.82, 2.24) is 5.43 Å².